The van der Waals surface area contributed by atoms with Gasteiger partial charge in [0.15, 0.2) is 21.2 Å². The summed E-state index contributed by atoms with van der Waals surface area (Å²) in [4.78, 5) is 31.7. The molecule has 0 aromatic heterocycles. The molecule has 4 aliphatic rings. The van der Waals surface area contributed by atoms with Crippen molar-refractivity contribution in [3.05, 3.63) is 35.2 Å². The van der Waals surface area contributed by atoms with Crippen molar-refractivity contribution < 1.29 is 19.1 Å². The highest BCUT2D eigenvalue weighted by Gasteiger charge is 2.82. The summed E-state index contributed by atoms with van der Waals surface area (Å²) in [6, 6.07) is 4.93. The normalized spacial score (nSPS) is 40.6. The quantitative estimate of drug-likeness (QED) is 0.646. The predicted octanol–water partition coefficient (Wildman–Crippen LogP) is 1.39. The second-order valence-corrected chi connectivity index (χ2v) is 11.0. The van der Waals surface area contributed by atoms with Gasteiger partial charge in [-0.3, -0.25) is 9.59 Å². The lowest BCUT2D eigenvalue weighted by Crippen LogP contribution is -2.60. The van der Waals surface area contributed by atoms with Gasteiger partial charge in [0.1, 0.15) is 19.3 Å². The predicted molar refractivity (Wildman–Crippen MR) is 105 cm³/mol. The van der Waals surface area contributed by atoms with Crippen LogP contribution in [0.4, 0.5) is 0 Å². The highest BCUT2D eigenvalue weighted by Crippen LogP contribution is 2.63. The molecule has 4 aliphatic heterocycles. The van der Waals surface area contributed by atoms with Gasteiger partial charge >= 0.3 is 0 Å². The molecule has 4 heterocycles. The molecule has 2 bridgehead atoms. The summed E-state index contributed by atoms with van der Waals surface area (Å²) in [6.45, 7) is 12.4. The second-order valence-electron chi connectivity index (χ2n) is 8.03. The van der Waals surface area contributed by atoms with E-state index in [4.69, 9.17) is 27.2 Å². The van der Waals surface area contributed by atoms with Gasteiger partial charge in [-0.25, -0.2) is 6.57 Å². The van der Waals surface area contributed by atoms with Crippen LogP contribution >= 0.6 is 0 Å². The molecule has 1 aromatic carbocycles. The van der Waals surface area contributed by atoms with Gasteiger partial charge in [0, 0.05) is 14.0 Å². The first-order valence-electron chi connectivity index (χ1n) is 9.04. The van der Waals surface area contributed by atoms with E-state index >= 15 is 0 Å². The third-order valence-corrected chi connectivity index (χ3v) is 10.6. The van der Waals surface area contributed by atoms with Gasteiger partial charge in [0.25, 0.3) is 17.4 Å². The molecule has 7 nitrogen and oxygen atoms in total. The Morgan fingerprint density at radius 1 is 1.21 bits per heavy atom. The van der Waals surface area contributed by atoms with Crippen LogP contribution in [0.2, 0.25) is 0 Å². The zero-order chi connectivity index (χ0) is 20.1. The van der Waals surface area contributed by atoms with Crippen molar-refractivity contribution in [1.82, 2.24) is 9.80 Å². The van der Waals surface area contributed by atoms with E-state index < -0.39 is 30.8 Å². The number of hydrogen-bond acceptors (Lipinski definition) is 5. The smallest absolute Gasteiger partial charge is 0.261 e. The summed E-state index contributed by atoms with van der Waals surface area (Å²) >= 11 is 5.79. The van der Waals surface area contributed by atoms with Crippen molar-refractivity contribution in [2.45, 2.75) is 41.6 Å². The summed E-state index contributed by atoms with van der Waals surface area (Å²) in [6.07, 6.45) is 0.250. The van der Waals surface area contributed by atoms with E-state index in [1.165, 1.54) is 4.90 Å². The van der Waals surface area contributed by atoms with Crippen molar-refractivity contribution >= 4 is 32.5 Å². The maximum atomic E-state index is 13.5. The highest BCUT2D eigenvalue weighted by molar-refractivity contribution is 8.31. The Labute approximate surface area is 170 Å². The van der Waals surface area contributed by atoms with Gasteiger partial charge in [0.2, 0.25) is 0 Å². The van der Waals surface area contributed by atoms with Crippen LogP contribution in [0.3, 0.4) is 0 Å². The standard InChI is InChI=1S/C19H19N3O4S2/c1-17(20-3)10-19-16(24)21(4)18(2,28(19)27)15(23)22(19)14(17)11-5-6-12-13(9-11)26-8-7-25-12/h5-6,9,14H,7-8,10H2,1-2,4H3/t14?,17-,18-,19-,28?/m0/s1. The Hall–Kier alpha value is -2.18. The fraction of sp³-hybridized carbons (Fsp3) is 0.526. The molecule has 1 aromatic rings. The number of nitrogens with zero attached hydrogens (tertiary/aromatic N) is 3. The number of rotatable bonds is 1. The van der Waals surface area contributed by atoms with Gasteiger partial charge in [-0.05, 0) is 45.3 Å². The largest absolute Gasteiger partial charge is 0.486 e. The number of carbonyl (C=O) groups excluding carboxylic acids is 2. The third-order valence-electron chi connectivity index (χ3n) is 6.53. The summed E-state index contributed by atoms with van der Waals surface area (Å²) in [5, 5.41) is 0. The molecule has 5 rings (SSSR count). The zero-order valence-corrected chi connectivity index (χ0v) is 17.4. The van der Waals surface area contributed by atoms with Crippen LogP contribution in [-0.2, 0) is 30.2 Å². The Morgan fingerprint density at radius 2 is 1.89 bits per heavy atom. The molecular formula is C19H19N3O4S2. The van der Waals surface area contributed by atoms with E-state index in [0.29, 0.717) is 24.7 Å². The van der Waals surface area contributed by atoms with Crippen LogP contribution < -0.4 is 9.47 Å². The minimum absolute atomic E-state index is 0.150. The molecule has 0 N–H and O–H groups in total. The topological polar surface area (TPSA) is 63.4 Å². The number of benzene rings is 1. The summed E-state index contributed by atoms with van der Waals surface area (Å²) in [7, 11) is 0.703. The molecule has 2 amide bonds. The van der Waals surface area contributed by atoms with Crippen LogP contribution in [-0.4, -0.2) is 57.2 Å². The van der Waals surface area contributed by atoms with Crippen molar-refractivity contribution in [1.29, 1.82) is 0 Å². The lowest BCUT2D eigenvalue weighted by Gasteiger charge is -2.39. The van der Waals surface area contributed by atoms with Crippen LogP contribution in [0.5, 0.6) is 11.5 Å². The summed E-state index contributed by atoms with van der Waals surface area (Å²) in [5.74, 6) is 0.927. The molecule has 146 valence electrons. The molecule has 3 fully saturated rings. The molecule has 5 atom stereocenters. The van der Waals surface area contributed by atoms with Crippen LogP contribution in [0, 0.1) is 6.57 Å². The Balaban J connectivity index is 1.71. The lowest BCUT2D eigenvalue weighted by molar-refractivity contribution is -0.159. The second kappa shape index (κ2) is 5.24. The van der Waals surface area contributed by atoms with Gasteiger partial charge in [-0.1, -0.05) is 6.07 Å². The average Bonchev–Trinajstić information content (AvgIpc) is 3.13. The minimum Gasteiger partial charge on any atom is -0.486 e. The van der Waals surface area contributed by atoms with Crippen LogP contribution in [0.15, 0.2) is 18.2 Å². The molecule has 28 heavy (non-hydrogen) atoms. The van der Waals surface area contributed by atoms with Crippen molar-refractivity contribution in [3.8, 4) is 11.5 Å². The minimum atomic E-state index is -1.12. The van der Waals surface area contributed by atoms with Gasteiger partial charge in [0.05, 0.1) is 6.42 Å². The monoisotopic (exact) mass is 417 g/mol. The molecule has 1 spiro atoms. The van der Waals surface area contributed by atoms with E-state index in [1.807, 2.05) is 19.1 Å². The van der Waals surface area contributed by atoms with Gasteiger partial charge < -0.3 is 24.1 Å². The van der Waals surface area contributed by atoms with Crippen molar-refractivity contribution in [3.63, 3.8) is 0 Å². The average molecular weight is 418 g/mol. The van der Waals surface area contributed by atoms with Gasteiger partial charge in [-0.15, -0.1) is 0 Å². The number of likely N-dealkylation sites (N-methyl/N-ethyl adjacent to an activating group) is 1. The van der Waals surface area contributed by atoms with E-state index in [2.05, 4.69) is 4.85 Å². The molecule has 3 saturated heterocycles. The van der Waals surface area contributed by atoms with E-state index in [9.17, 15) is 9.59 Å². The zero-order valence-electron chi connectivity index (χ0n) is 15.7. The van der Waals surface area contributed by atoms with Crippen molar-refractivity contribution in [2.75, 3.05) is 20.3 Å². The van der Waals surface area contributed by atoms with E-state index in [0.717, 1.165) is 5.56 Å². The molecular weight excluding hydrogens is 398 g/mol. The van der Waals surface area contributed by atoms with Crippen LogP contribution in [0.25, 0.3) is 4.85 Å². The number of carbonyl (C=O) groups is 2. The number of fused-ring (bicyclic) bond motifs is 2. The SMILES string of the molecule is [C-]#[N+][C@@]1(C)C[C@]23C(=O)N(C)[C@](C)(C(=O)N2C1c1ccc2c(c1)OCCO2)S3=S. The lowest BCUT2D eigenvalue weighted by atomic mass is 9.87. The highest BCUT2D eigenvalue weighted by atomic mass is 32.8. The fourth-order valence-electron chi connectivity index (χ4n) is 5.04. The molecule has 0 saturated carbocycles. The maximum absolute atomic E-state index is 13.5. The van der Waals surface area contributed by atoms with E-state index in [-0.39, 0.29) is 18.2 Å². The van der Waals surface area contributed by atoms with Crippen LogP contribution in [0.1, 0.15) is 31.9 Å². The first kappa shape index (κ1) is 17.9. The third kappa shape index (κ3) is 1.72. The Bertz CT molecular complexity index is 1020. The first-order chi connectivity index (χ1) is 13.2. The van der Waals surface area contributed by atoms with E-state index in [1.54, 1.807) is 24.9 Å². The van der Waals surface area contributed by atoms with Gasteiger partial charge in [-0.2, -0.15) is 0 Å². The molecule has 0 aliphatic carbocycles. The Kier molecular flexibility index (Phi) is 3.35. The molecule has 9 heteroatoms. The summed E-state index contributed by atoms with van der Waals surface area (Å²) in [5.41, 5.74) is -0.183. The first-order valence-corrected chi connectivity index (χ1v) is 11.2. The number of piperazine rings is 1. The number of amides is 2. The summed E-state index contributed by atoms with van der Waals surface area (Å²) < 4.78 is 11.3. The number of hydrogen-bond donors (Lipinski definition) is 0. The molecule has 0 radical (unpaired) electrons. The Morgan fingerprint density at radius 3 is 2.57 bits per heavy atom. The maximum Gasteiger partial charge on any atom is 0.261 e. The molecule has 2 unspecified atom stereocenters. The number of ether oxygens (including phenoxy) is 2. The van der Waals surface area contributed by atoms with Crippen molar-refractivity contribution in [2.24, 2.45) is 0 Å². The fourth-order valence-corrected chi connectivity index (χ4v) is 8.55.